The number of carbonyl (C=O) groups is 1. The highest BCUT2D eigenvalue weighted by Gasteiger charge is 2.29. The summed E-state index contributed by atoms with van der Waals surface area (Å²) in [7, 11) is 4.69. The number of nitrogens with one attached hydrogen (secondary N) is 1. The Morgan fingerprint density at radius 3 is 2.33 bits per heavy atom. The Labute approximate surface area is 148 Å². The Morgan fingerprint density at radius 1 is 1.17 bits per heavy atom. The molecule has 0 radical (unpaired) electrons. The van der Waals surface area contributed by atoms with E-state index in [2.05, 4.69) is 5.32 Å². The quantitative estimate of drug-likeness (QED) is 0.760. The largest absolute Gasteiger partial charge is 0.496 e. The zero-order chi connectivity index (χ0) is 16.8. The Balaban J connectivity index is 0.00000288. The number of nitrogens with two attached hydrogens (primary N) is 1. The third-order valence-electron chi connectivity index (χ3n) is 3.90. The third kappa shape index (κ3) is 4.66. The molecule has 0 aromatic heterocycles. The molecule has 3 N–H and O–H groups in total. The maximum Gasteiger partial charge on any atom is 0.249 e. The van der Waals surface area contributed by atoms with Crippen LogP contribution in [0.4, 0.5) is 0 Å². The van der Waals surface area contributed by atoms with Crippen molar-refractivity contribution >= 4 is 18.3 Å². The van der Waals surface area contributed by atoms with E-state index in [1.165, 1.54) is 0 Å². The number of hydrogen-bond donors (Lipinski definition) is 2. The molecule has 24 heavy (non-hydrogen) atoms. The average molecular weight is 361 g/mol. The fourth-order valence-corrected chi connectivity index (χ4v) is 2.60. The van der Waals surface area contributed by atoms with Gasteiger partial charge in [0, 0.05) is 24.7 Å². The van der Waals surface area contributed by atoms with Crippen LogP contribution in [0.3, 0.4) is 0 Å². The van der Waals surface area contributed by atoms with Gasteiger partial charge in [0.1, 0.15) is 11.9 Å². The van der Waals surface area contributed by atoms with Gasteiger partial charge < -0.3 is 30.0 Å². The molecule has 2 atom stereocenters. The first-order valence-corrected chi connectivity index (χ1v) is 7.55. The molecule has 136 valence electrons. The van der Waals surface area contributed by atoms with Crippen molar-refractivity contribution in [1.29, 1.82) is 0 Å². The molecule has 1 aromatic carbocycles. The normalized spacial score (nSPS) is 19.3. The van der Waals surface area contributed by atoms with E-state index < -0.39 is 6.10 Å². The number of rotatable bonds is 7. The second-order valence-electron chi connectivity index (χ2n) is 5.30. The number of ether oxygens (including phenoxy) is 4. The van der Waals surface area contributed by atoms with Crippen LogP contribution in [0.2, 0.25) is 0 Å². The molecular formula is C16H25ClN2O5. The van der Waals surface area contributed by atoms with Crippen LogP contribution in [0, 0.1) is 0 Å². The molecule has 1 aliphatic rings. The number of halogens is 1. The molecule has 0 unspecified atom stereocenters. The van der Waals surface area contributed by atoms with Crippen molar-refractivity contribution in [2.24, 2.45) is 5.73 Å². The fourth-order valence-electron chi connectivity index (χ4n) is 2.60. The Kier molecular flexibility index (Phi) is 8.10. The van der Waals surface area contributed by atoms with E-state index in [-0.39, 0.29) is 24.4 Å². The van der Waals surface area contributed by atoms with Crippen molar-refractivity contribution in [3.05, 3.63) is 17.7 Å². The topological polar surface area (TPSA) is 92.0 Å². The lowest BCUT2D eigenvalue weighted by atomic mass is 10.1. The van der Waals surface area contributed by atoms with Gasteiger partial charge in [0.05, 0.1) is 27.4 Å². The summed E-state index contributed by atoms with van der Waals surface area (Å²) in [6, 6.07) is 3.52. The number of hydrogen-bond acceptors (Lipinski definition) is 6. The minimum absolute atomic E-state index is 0. The van der Waals surface area contributed by atoms with Crippen LogP contribution in [0.5, 0.6) is 17.2 Å². The minimum Gasteiger partial charge on any atom is -0.496 e. The monoisotopic (exact) mass is 360 g/mol. The van der Waals surface area contributed by atoms with Gasteiger partial charge in [-0.2, -0.15) is 0 Å². The zero-order valence-corrected chi connectivity index (χ0v) is 15.0. The van der Waals surface area contributed by atoms with Crippen LogP contribution < -0.4 is 25.3 Å². The number of benzene rings is 1. The molecular weight excluding hydrogens is 336 g/mol. The summed E-state index contributed by atoms with van der Waals surface area (Å²) in [5.74, 6) is 1.63. The van der Waals surface area contributed by atoms with Gasteiger partial charge >= 0.3 is 0 Å². The zero-order valence-electron chi connectivity index (χ0n) is 14.2. The second kappa shape index (κ2) is 9.56. The van der Waals surface area contributed by atoms with Crippen molar-refractivity contribution in [3.63, 3.8) is 0 Å². The standard InChI is InChI=1S/C16H24N2O5.ClH/c1-20-13-7-15(22-3)14(21-2)6-10(13)9-18-16(19)12-5-4-11(8-17)23-12;/h6-7,11-12H,4-5,8-9,17H2,1-3H3,(H,18,19);1H/t11-,12+;/m1./s1. The molecule has 0 aliphatic carbocycles. The van der Waals surface area contributed by atoms with Crippen LogP contribution >= 0.6 is 12.4 Å². The van der Waals surface area contributed by atoms with E-state index >= 15 is 0 Å². The molecule has 1 aromatic rings. The highest BCUT2D eigenvalue weighted by molar-refractivity contribution is 5.85. The maximum atomic E-state index is 12.2. The van der Waals surface area contributed by atoms with E-state index in [1.54, 1.807) is 33.5 Å². The van der Waals surface area contributed by atoms with Gasteiger partial charge in [-0.1, -0.05) is 0 Å². The lowest BCUT2D eigenvalue weighted by molar-refractivity contribution is -0.132. The Hall–Kier alpha value is -1.70. The fraction of sp³-hybridized carbons (Fsp3) is 0.562. The highest BCUT2D eigenvalue weighted by Crippen LogP contribution is 2.34. The van der Waals surface area contributed by atoms with Crippen molar-refractivity contribution in [2.75, 3.05) is 27.9 Å². The van der Waals surface area contributed by atoms with Crippen molar-refractivity contribution < 1.29 is 23.7 Å². The lowest BCUT2D eigenvalue weighted by Gasteiger charge is -2.16. The van der Waals surface area contributed by atoms with Gasteiger partial charge in [0.15, 0.2) is 11.5 Å². The summed E-state index contributed by atoms with van der Waals surface area (Å²) in [4.78, 5) is 12.2. The van der Waals surface area contributed by atoms with E-state index in [9.17, 15) is 4.79 Å². The van der Waals surface area contributed by atoms with Gasteiger partial charge in [-0.3, -0.25) is 4.79 Å². The third-order valence-corrected chi connectivity index (χ3v) is 3.90. The summed E-state index contributed by atoms with van der Waals surface area (Å²) in [6.07, 6.45) is 1.04. The summed E-state index contributed by atoms with van der Waals surface area (Å²) in [6.45, 7) is 0.753. The number of amides is 1. The van der Waals surface area contributed by atoms with Crippen molar-refractivity contribution in [3.8, 4) is 17.2 Å². The number of methoxy groups -OCH3 is 3. The minimum atomic E-state index is -0.435. The van der Waals surface area contributed by atoms with Crippen LogP contribution in [0.25, 0.3) is 0 Å². The highest BCUT2D eigenvalue weighted by atomic mass is 35.5. The van der Waals surface area contributed by atoms with Gasteiger partial charge in [-0.05, 0) is 18.9 Å². The van der Waals surface area contributed by atoms with E-state index in [1.807, 2.05) is 0 Å². The van der Waals surface area contributed by atoms with Gasteiger partial charge in [-0.15, -0.1) is 12.4 Å². The molecule has 1 aliphatic heterocycles. The maximum absolute atomic E-state index is 12.2. The summed E-state index contributed by atoms with van der Waals surface area (Å²) in [5, 5.41) is 2.87. The Bertz CT molecular complexity index is 556. The molecule has 0 saturated carbocycles. The van der Waals surface area contributed by atoms with Gasteiger partial charge in [-0.25, -0.2) is 0 Å². The molecule has 2 rings (SSSR count). The van der Waals surface area contributed by atoms with E-state index in [4.69, 9.17) is 24.7 Å². The van der Waals surface area contributed by atoms with Crippen LogP contribution in [0.15, 0.2) is 12.1 Å². The second-order valence-corrected chi connectivity index (χ2v) is 5.30. The van der Waals surface area contributed by atoms with Crippen LogP contribution in [0.1, 0.15) is 18.4 Å². The molecule has 1 heterocycles. The SMILES string of the molecule is COc1cc(OC)c(OC)cc1CNC(=O)[C@@H]1CC[C@H](CN)O1.Cl. The van der Waals surface area contributed by atoms with Gasteiger partial charge in [0.25, 0.3) is 0 Å². The Morgan fingerprint density at radius 2 is 1.79 bits per heavy atom. The summed E-state index contributed by atoms with van der Waals surface area (Å²) >= 11 is 0. The number of carbonyl (C=O) groups excluding carboxylic acids is 1. The average Bonchev–Trinajstić information content (AvgIpc) is 3.07. The summed E-state index contributed by atoms with van der Waals surface area (Å²) < 4.78 is 21.5. The van der Waals surface area contributed by atoms with Crippen LogP contribution in [-0.4, -0.2) is 46.0 Å². The summed E-state index contributed by atoms with van der Waals surface area (Å²) in [5.41, 5.74) is 6.36. The molecule has 0 bridgehead atoms. The first-order chi connectivity index (χ1) is 11.1. The van der Waals surface area contributed by atoms with E-state index in [0.29, 0.717) is 36.8 Å². The van der Waals surface area contributed by atoms with Gasteiger partial charge in [0.2, 0.25) is 5.91 Å². The van der Waals surface area contributed by atoms with E-state index in [0.717, 1.165) is 12.0 Å². The molecule has 8 heteroatoms. The lowest BCUT2D eigenvalue weighted by Crippen LogP contribution is -2.35. The molecule has 1 saturated heterocycles. The van der Waals surface area contributed by atoms with Crippen LogP contribution in [-0.2, 0) is 16.1 Å². The molecule has 1 amide bonds. The first-order valence-electron chi connectivity index (χ1n) is 7.55. The molecule has 1 fully saturated rings. The van der Waals surface area contributed by atoms with Crippen molar-refractivity contribution in [2.45, 2.75) is 31.6 Å². The molecule has 0 spiro atoms. The predicted molar refractivity (Wildman–Crippen MR) is 92.1 cm³/mol. The predicted octanol–water partition coefficient (Wildman–Crippen LogP) is 1.26. The van der Waals surface area contributed by atoms with Crippen molar-refractivity contribution in [1.82, 2.24) is 5.32 Å². The molecule has 7 nitrogen and oxygen atoms in total. The first kappa shape index (κ1) is 20.3. The smallest absolute Gasteiger partial charge is 0.249 e.